The van der Waals surface area contributed by atoms with E-state index in [0.29, 0.717) is 27.8 Å². The number of benzene rings is 1. The smallest absolute Gasteiger partial charge is 0.225 e. The number of nitrogens with zero attached hydrogens (tertiary/aromatic N) is 1. The predicted molar refractivity (Wildman–Crippen MR) is 95.2 cm³/mol. The van der Waals surface area contributed by atoms with Crippen LogP contribution >= 0.6 is 34.7 Å². The number of thioether (sulfide) groups is 1. The molecule has 3 nitrogen and oxygen atoms in total. The number of nitriles is 1. The van der Waals surface area contributed by atoms with Crippen molar-refractivity contribution in [2.75, 3.05) is 0 Å². The van der Waals surface area contributed by atoms with E-state index in [1.165, 1.54) is 11.8 Å². The molecule has 3 rings (SSSR count). The molecule has 1 aromatic heterocycles. The molecule has 2 aromatic rings. The molecule has 0 aliphatic carbocycles. The molecule has 6 heteroatoms. The van der Waals surface area contributed by atoms with E-state index in [-0.39, 0.29) is 11.8 Å². The molecular formula is C17H13ClN2OS2. The first-order valence-electron chi connectivity index (χ1n) is 7.02. The number of thiophene rings is 1. The van der Waals surface area contributed by atoms with Gasteiger partial charge in [0.05, 0.1) is 16.7 Å². The van der Waals surface area contributed by atoms with Gasteiger partial charge in [0.15, 0.2) is 0 Å². The summed E-state index contributed by atoms with van der Waals surface area (Å²) in [6.45, 7) is 0. The SMILES string of the molecule is N#CC1=C(SCc2ccccc2Cl)NC(=O)C[C@@H]1c1cccs1. The molecule has 1 aliphatic rings. The summed E-state index contributed by atoms with van der Waals surface area (Å²) in [5.74, 6) is 0.406. The van der Waals surface area contributed by atoms with Crippen LogP contribution < -0.4 is 5.32 Å². The van der Waals surface area contributed by atoms with Gasteiger partial charge in [0.2, 0.25) is 5.91 Å². The number of hydrogen-bond donors (Lipinski definition) is 1. The highest BCUT2D eigenvalue weighted by molar-refractivity contribution is 8.02. The van der Waals surface area contributed by atoms with Gasteiger partial charge in [-0.2, -0.15) is 5.26 Å². The van der Waals surface area contributed by atoms with Crippen LogP contribution in [0.2, 0.25) is 5.02 Å². The maximum absolute atomic E-state index is 12.0. The Morgan fingerprint density at radius 1 is 1.35 bits per heavy atom. The summed E-state index contributed by atoms with van der Waals surface area (Å²) in [4.78, 5) is 13.1. The lowest BCUT2D eigenvalue weighted by molar-refractivity contribution is -0.120. The van der Waals surface area contributed by atoms with Crippen molar-refractivity contribution in [1.82, 2.24) is 5.32 Å². The zero-order chi connectivity index (χ0) is 16.2. The highest BCUT2D eigenvalue weighted by atomic mass is 35.5. The van der Waals surface area contributed by atoms with Crippen LogP contribution in [0.5, 0.6) is 0 Å². The molecule has 2 heterocycles. The molecule has 0 fully saturated rings. The van der Waals surface area contributed by atoms with Gasteiger partial charge in [-0.05, 0) is 23.1 Å². The summed E-state index contributed by atoms with van der Waals surface area (Å²) in [7, 11) is 0. The second-order valence-electron chi connectivity index (χ2n) is 5.05. The van der Waals surface area contributed by atoms with Crippen LogP contribution in [0.3, 0.4) is 0 Å². The van der Waals surface area contributed by atoms with Gasteiger partial charge in [-0.3, -0.25) is 4.79 Å². The van der Waals surface area contributed by atoms with Crippen LogP contribution in [0.4, 0.5) is 0 Å². The molecule has 116 valence electrons. The molecule has 1 atom stereocenters. The van der Waals surface area contributed by atoms with Gasteiger partial charge >= 0.3 is 0 Å². The second-order valence-corrected chi connectivity index (χ2v) is 7.43. The Hall–Kier alpha value is -1.74. The molecule has 0 bridgehead atoms. The van der Waals surface area contributed by atoms with E-state index in [4.69, 9.17) is 11.6 Å². The minimum atomic E-state index is -0.150. The lowest BCUT2D eigenvalue weighted by Crippen LogP contribution is -2.30. The summed E-state index contributed by atoms with van der Waals surface area (Å²) >= 11 is 9.19. The second kappa shape index (κ2) is 7.22. The minimum Gasteiger partial charge on any atom is -0.320 e. The molecule has 0 spiro atoms. The van der Waals surface area contributed by atoms with Crippen molar-refractivity contribution in [3.8, 4) is 6.07 Å². The molecule has 0 radical (unpaired) electrons. The number of amides is 1. The van der Waals surface area contributed by atoms with Crippen molar-refractivity contribution in [3.05, 3.63) is 67.8 Å². The Labute approximate surface area is 148 Å². The largest absolute Gasteiger partial charge is 0.320 e. The van der Waals surface area contributed by atoms with Crippen molar-refractivity contribution in [2.24, 2.45) is 0 Å². The molecule has 23 heavy (non-hydrogen) atoms. The van der Waals surface area contributed by atoms with Crippen molar-refractivity contribution in [1.29, 1.82) is 5.26 Å². The average Bonchev–Trinajstić information content (AvgIpc) is 3.08. The summed E-state index contributed by atoms with van der Waals surface area (Å²) in [6, 6.07) is 13.8. The van der Waals surface area contributed by atoms with Gasteiger partial charge in [-0.25, -0.2) is 0 Å². The first-order chi connectivity index (χ1) is 11.2. The van der Waals surface area contributed by atoms with Gasteiger partial charge in [0.25, 0.3) is 0 Å². The van der Waals surface area contributed by atoms with E-state index < -0.39 is 0 Å². The van der Waals surface area contributed by atoms with Crippen LogP contribution in [0, 0.1) is 11.3 Å². The molecule has 1 aliphatic heterocycles. The lowest BCUT2D eigenvalue weighted by atomic mass is 9.93. The molecule has 0 saturated carbocycles. The maximum atomic E-state index is 12.0. The highest BCUT2D eigenvalue weighted by Gasteiger charge is 2.30. The van der Waals surface area contributed by atoms with Crippen LogP contribution in [0.15, 0.2) is 52.4 Å². The fourth-order valence-electron chi connectivity index (χ4n) is 2.43. The predicted octanol–water partition coefficient (Wildman–Crippen LogP) is 4.67. The summed E-state index contributed by atoms with van der Waals surface area (Å²) in [5.41, 5.74) is 1.61. The summed E-state index contributed by atoms with van der Waals surface area (Å²) < 4.78 is 0. The van der Waals surface area contributed by atoms with E-state index in [9.17, 15) is 10.1 Å². The maximum Gasteiger partial charge on any atom is 0.225 e. The lowest BCUT2D eigenvalue weighted by Gasteiger charge is -2.24. The Morgan fingerprint density at radius 2 is 2.17 bits per heavy atom. The van der Waals surface area contributed by atoms with E-state index in [0.717, 1.165) is 10.4 Å². The third-order valence-electron chi connectivity index (χ3n) is 3.57. The quantitative estimate of drug-likeness (QED) is 0.861. The zero-order valence-corrected chi connectivity index (χ0v) is 14.5. The van der Waals surface area contributed by atoms with Crippen molar-refractivity contribution in [2.45, 2.75) is 18.1 Å². The number of hydrogen-bond acceptors (Lipinski definition) is 4. The molecular weight excluding hydrogens is 348 g/mol. The van der Waals surface area contributed by atoms with Gasteiger partial charge in [0.1, 0.15) is 0 Å². The molecule has 1 N–H and O–H groups in total. The van der Waals surface area contributed by atoms with Crippen LogP contribution in [0.25, 0.3) is 0 Å². The molecule has 0 saturated heterocycles. The monoisotopic (exact) mass is 360 g/mol. The van der Waals surface area contributed by atoms with Gasteiger partial charge in [-0.15, -0.1) is 23.1 Å². The average molecular weight is 361 g/mol. The van der Waals surface area contributed by atoms with E-state index >= 15 is 0 Å². The third-order valence-corrected chi connectivity index (χ3v) is 5.99. The van der Waals surface area contributed by atoms with Crippen molar-refractivity contribution in [3.63, 3.8) is 0 Å². The van der Waals surface area contributed by atoms with Gasteiger partial charge < -0.3 is 5.32 Å². The van der Waals surface area contributed by atoms with E-state index in [1.54, 1.807) is 11.3 Å². The van der Waals surface area contributed by atoms with Gasteiger partial charge in [0, 0.05) is 28.0 Å². The van der Waals surface area contributed by atoms with E-state index in [2.05, 4.69) is 11.4 Å². The number of nitrogens with one attached hydrogen (secondary N) is 1. The molecule has 1 amide bonds. The Bertz CT molecular complexity index is 793. The van der Waals surface area contributed by atoms with Crippen LogP contribution in [-0.2, 0) is 10.5 Å². The normalized spacial score (nSPS) is 17.7. The Kier molecular flexibility index (Phi) is 5.06. The number of rotatable bonds is 4. The summed E-state index contributed by atoms with van der Waals surface area (Å²) in [6.07, 6.45) is 0.319. The third kappa shape index (κ3) is 3.61. The van der Waals surface area contributed by atoms with Gasteiger partial charge in [-0.1, -0.05) is 35.9 Å². The van der Waals surface area contributed by atoms with Crippen LogP contribution in [0.1, 0.15) is 22.8 Å². The van der Waals surface area contributed by atoms with E-state index in [1.807, 2.05) is 41.8 Å². The number of halogens is 1. The highest BCUT2D eigenvalue weighted by Crippen LogP contribution is 2.38. The Morgan fingerprint density at radius 3 is 2.87 bits per heavy atom. The fraction of sp³-hybridized carbons (Fsp3) is 0.176. The fourth-order valence-corrected chi connectivity index (χ4v) is 4.63. The minimum absolute atomic E-state index is 0.0518. The van der Waals surface area contributed by atoms with Crippen molar-refractivity contribution < 1.29 is 4.79 Å². The first kappa shape index (κ1) is 16.1. The Balaban J connectivity index is 1.87. The molecule has 1 aromatic carbocycles. The molecule has 0 unspecified atom stereocenters. The topological polar surface area (TPSA) is 52.9 Å². The zero-order valence-electron chi connectivity index (χ0n) is 12.1. The number of allylic oxidation sites excluding steroid dienone is 1. The first-order valence-corrected chi connectivity index (χ1v) is 9.27. The summed E-state index contributed by atoms with van der Waals surface area (Å²) in [5, 5.41) is 15.7. The standard InChI is InChI=1S/C17H13ClN2OS2/c18-14-5-2-1-4-11(14)10-23-17-13(9-19)12(8-16(21)20-17)15-6-3-7-22-15/h1-7,12H,8,10H2,(H,20,21)/t12-/m0/s1. The number of carbonyl (C=O) groups excluding carboxylic acids is 1. The number of carbonyl (C=O) groups is 1. The van der Waals surface area contributed by atoms with Crippen LogP contribution in [-0.4, -0.2) is 5.91 Å². The van der Waals surface area contributed by atoms with Crippen molar-refractivity contribution >= 4 is 40.6 Å².